The highest BCUT2D eigenvalue weighted by Crippen LogP contribution is 2.31. The molecule has 0 radical (unpaired) electrons. The summed E-state index contributed by atoms with van der Waals surface area (Å²) in [4.78, 5) is 12.2. The summed E-state index contributed by atoms with van der Waals surface area (Å²) in [7, 11) is 0. The molecule has 26 heavy (non-hydrogen) atoms. The van der Waals surface area contributed by atoms with Gasteiger partial charge in [-0.2, -0.15) is 0 Å². The van der Waals surface area contributed by atoms with Crippen molar-refractivity contribution in [2.45, 2.75) is 13.3 Å². The summed E-state index contributed by atoms with van der Waals surface area (Å²) in [6.07, 6.45) is 0.732. The van der Waals surface area contributed by atoms with Gasteiger partial charge in [-0.15, -0.1) is 10.2 Å². The van der Waals surface area contributed by atoms with Gasteiger partial charge in [0, 0.05) is 17.5 Å². The second-order valence-corrected chi connectivity index (χ2v) is 5.96. The van der Waals surface area contributed by atoms with Crippen LogP contribution in [0.3, 0.4) is 0 Å². The zero-order valence-electron chi connectivity index (χ0n) is 14.2. The molecule has 2 aromatic carbocycles. The summed E-state index contributed by atoms with van der Waals surface area (Å²) in [5, 5.41) is 11.6. The Balaban J connectivity index is 1.46. The van der Waals surface area contributed by atoms with Crippen LogP contribution in [0.5, 0.6) is 0 Å². The van der Waals surface area contributed by atoms with Gasteiger partial charge < -0.3 is 14.2 Å². The van der Waals surface area contributed by atoms with Crippen LogP contribution in [0.1, 0.15) is 21.8 Å². The number of fused-ring (bicyclic) bond motifs is 1. The normalized spacial score (nSPS) is 11.0. The second-order valence-electron chi connectivity index (χ2n) is 5.96. The summed E-state index contributed by atoms with van der Waals surface area (Å²) in [5.41, 5.74) is 2.80. The minimum Gasteiger partial charge on any atom is -0.451 e. The molecule has 1 N–H and O–H groups in total. The predicted molar refractivity (Wildman–Crippen MR) is 96.7 cm³/mol. The van der Waals surface area contributed by atoms with E-state index in [1.807, 2.05) is 61.5 Å². The topological polar surface area (TPSA) is 81.2 Å². The largest absolute Gasteiger partial charge is 0.451 e. The fraction of sp³-hybridized carbons (Fsp3) is 0.150. The number of para-hydroxylation sites is 1. The number of carbonyl (C=O) groups is 1. The zero-order chi connectivity index (χ0) is 17.9. The number of rotatable bonds is 5. The highest BCUT2D eigenvalue weighted by Gasteiger charge is 2.20. The van der Waals surface area contributed by atoms with E-state index in [2.05, 4.69) is 15.5 Å². The third kappa shape index (κ3) is 3.09. The van der Waals surface area contributed by atoms with Crippen molar-refractivity contribution in [3.8, 4) is 11.7 Å². The molecule has 0 spiro atoms. The van der Waals surface area contributed by atoms with E-state index in [9.17, 15) is 4.79 Å². The van der Waals surface area contributed by atoms with E-state index in [1.165, 1.54) is 0 Å². The molecule has 0 saturated carbocycles. The highest BCUT2D eigenvalue weighted by molar-refractivity contribution is 5.90. The SMILES string of the molecule is Cc1c(-c2nnc(C(=O)NCCc3ccccc3)o2)oc2ccccc12. The summed E-state index contributed by atoms with van der Waals surface area (Å²) < 4.78 is 11.3. The Morgan fingerprint density at radius 2 is 1.77 bits per heavy atom. The van der Waals surface area contributed by atoms with Crippen LogP contribution in [-0.4, -0.2) is 22.6 Å². The molecule has 0 atom stereocenters. The number of amides is 1. The average Bonchev–Trinajstić information content (AvgIpc) is 3.28. The van der Waals surface area contributed by atoms with E-state index >= 15 is 0 Å². The molecule has 0 aliphatic carbocycles. The molecule has 2 heterocycles. The second kappa shape index (κ2) is 6.84. The molecule has 0 aliphatic rings. The van der Waals surface area contributed by atoms with Crippen LogP contribution in [0.2, 0.25) is 0 Å². The Morgan fingerprint density at radius 3 is 2.58 bits per heavy atom. The first-order valence-corrected chi connectivity index (χ1v) is 8.36. The van der Waals surface area contributed by atoms with E-state index in [4.69, 9.17) is 8.83 Å². The molecule has 2 aromatic heterocycles. The third-order valence-corrected chi connectivity index (χ3v) is 4.20. The summed E-state index contributed by atoms with van der Waals surface area (Å²) in [6, 6.07) is 17.6. The molecule has 0 bridgehead atoms. The number of hydrogen-bond acceptors (Lipinski definition) is 5. The lowest BCUT2D eigenvalue weighted by Gasteiger charge is -2.02. The molecule has 6 nitrogen and oxygen atoms in total. The first-order valence-electron chi connectivity index (χ1n) is 8.36. The number of nitrogens with zero attached hydrogens (tertiary/aromatic N) is 2. The minimum atomic E-state index is -0.395. The number of hydrogen-bond donors (Lipinski definition) is 1. The molecule has 0 fully saturated rings. The fourth-order valence-electron chi connectivity index (χ4n) is 2.83. The van der Waals surface area contributed by atoms with Crippen molar-refractivity contribution < 1.29 is 13.6 Å². The molecule has 6 heteroatoms. The van der Waals surface area contributed by atoms with Gasteiger partial charge in [-0.05, 0) is 25.0 Å². The maximum Gasteiger partial charge on any atom is 0.308 e. The van der Waals surface area contributed by atoms with Gasteiger partial charge in [-0.25, -0.2) is 0 Å². The fourth-order valence-corrected chi connectivity index (χ4v) is 2.83. The van der Waals surface area contributed by atoms with Crippen molar-refractivity contribution in [1.82, 2.24) is 15.5 Å². The standard InChI is InChI=1S/C20H17N3O3/c1-13-15-9-5-6-10-16(15)25-17(13)19-22-23-20(26-19)18(24)21-12-11-14-7-3-2-4-8-14/h2-10H,11-12H2,1H3,(H,21,24). The molecule has 0 aliphatic heterocycles. The van der Waals surface area contributed by atoms with Gasteiger partial charge in [0.1, 0.15) is 5.58 Å². The molecule has 0 unspecified atom stereocenters. The van der Waals surface area contributed by atoms with Crippen molar-refractivity contribution in [2.24, 2.45) is 0 Å². The van der Waals surface area contributed by atoms with E-state index in [-0.39, 0.29) is 11.8 Å². The Kier molecular flexibility index (Phi) is 4.23. The monoisotopic (exact) mass is 347 g/mol. The minimum absolute atomic E-state index is 0.0760. The van der Waals surface area contributed by atoms with Gasteiger partial charge in [0.15, 0.2) is 5.76 Å². The maximum absolute atomic E-state index is 12.2. The first kappa shape index (κ1) is 16.1. The maximum atomic E-state index is 12.2. The number of nitrogens with one attached hydrogen (secondary N) is 1. The van der Waals surface area contributed by atoms with E-state index < -0.39 is 5.91 Å². The zero-order valence-corrected chi connectivity index (χ0v) is 14.2. The predicted octanol–water partition coefficient (Wildman–Crippen LogP) is 3.76. The van der Waals surface area contributed by atoms with Crippen LogP contribution in [0.4, 0.5) is 0 Å². The van der Waals surface area contributed by atoms with Gasteiger partial charge in [0.2, 0.25) is 0 Å². The van der Waals surface area contributed by atoms with E-state index in [0.29, 0.717) is 12.3 Å². The molecule has 130 valence electrons. The van der Waals surface area contributed by atoms with Crippen LogP contribution in [-0.2, 0) is 6.42 Å². The number of aryl methyl sites for hydroxylation is 1. The van der Waals surface area contributed by atoms with Gasteiger partial charge in [0.05, 0.1) is 0 Å². The highest BCUT2D eigenvalue weighted by atomic mass is 16.4. The Labute approximate surface area is 149 Å². The van der Waals surface area contributed by atoms with Gasteiger partial charge >= 0.3 is 11.8 Å². The van der Waals surface area contributed by atoms with E-state index in [1.54, 1.807) is 0 Å². The summed E-state index contributed by atoms with van der Waals surface area (Å²) >= 11 is 0. The van der Waals surface area contributed by atoms with Crippen molar-refractivity contribution in [1.29, 1.82) is 0 Å². The smallest absolute Gasteiger partial charge is 0.308 e. The van der Waals surface area contributed by atoms with E-state index in [0.717, 1.165) is 28.5 Å². The number of furan rings is 1. The summed E-state index contributed by atoms with van der Waals surface area (Å²) in [5.74, 6) is 0.218. The van der Waals surface area contributed by atoms with Crippen LogP contribution in [0, 0.1) is 6.92 Å². The summed E-state index contributed by atoms with van der Waals surface area (Å²) in [6.45, 7) is 2.41. The van der Waals surface area contributed by atoms with Gasteiger partial charge in [-0.3, -0.25) is 4.79 Å². The number of carbonyl (C=O) groups excluding carboxylic acids is 1. The van der Waals surface area contributed by atoms with Gasteiger partial charge in [-0.1, -0.05) is 48.5 Å². The van der Waals surface area contributed by atoms with Crippen molar-refractivity contribution in [2.75, 3.05) is 6.54 Å². The lowest BCUT2D eigenvalue weighted by molar-refractivity contribution is 0.0920. The lowest BCUT2D eigenvalue weighted by atomic mass is 10.1. The Hall–Kier alpha value is -3.41. The van der Waals surface area contributed by atoms with Gasteiger partial charge in [0.25, 0.3) is 5.89 Å². The molecule has 4 rings (SSSR count). The number of aromatic nitrogens is 2. The first-order chi connectivity index (χ1) is 12.7. The molecular weight excluding hydrogens is 330 g/mol. The average molecular weight is 347 g/mol. The molecule has 4 aromatic rings. The van der Waals surface area contributed by atoms with Crippen LogP contribution < -0.4 is 5.32 Å². The number of benzene rings is 2. The Morgan fingerprint density at radius 1 is 1.00 bits per heavy atom. The third-order valence-electron chi connectivity index (χ3n) is 4.20. The molecular formula is C20H17N3O3. The quantitative estimate of drug-likeness (QED) is 0.594. The molecule has 1 amide bonds. The lowest BCUT2D eigenvalue weighted by Crippen LogP contribution is -2.26. The Bertz CT molecular complexity index is 1050. The van der Waals surface area contributed by atoms with Crippen LogP contribution in [0.25, 0.3) is 22.6 Å². The van der Waals surface area contributed by atoms with Crippen LogP contribution >= 0.6 is 0 Å². The van der Waals surface area contributed by atoms with Crippen molar-refractivity contribution in [3.63, 3.8) is 0 Å². The van der Waals surface area contributed by atoms with Crippen molar-refractivity contribution >= 4 is 16.9 Å². The van der Waals surface area contributed by atoms with Crippen LogP contribution in [0.15, 0.2) is 63.4 Å². The van der Waals surface area contributed by atoms with Crippen molar-refractivity contribution in [3.05, 3.63) is 71.6 Å². The molecule has 0 saturated heterocycles.